The van der Waals surface area contributed by atoms with Gasteiger partial charge in [-0.05, 0) is 18.4 Å². The average Bonchev–Trinajstić information content (AvgIpc) is 2.96. The fourth-order valence-corrected chi connectivity index (χ4v) is 3.14. The number of fused-ring (bicyclic) bond motifs is 1. The minimum atomic E-state index is 0.390. The molecule has 1 aromatic carbocycles. The monoisotopic (exact) mass is 244 g/mol. The zero-order chi connectivity index (χ0) is 12.5. The second kappa shape index (κ2) is 4.73. The van der Waals surface area contributed by atoms with E-state index in [-0.39, 0.29) is 0 Å². The summed E-state index contributed by atoms with van der Waals surface area (Å²) in [6.45, 7) is 4.93. The van der Waals surface area contributed by atoms with Gasteiger partial charge in [-0.3, -0.25) is 5.41 Å². The Morgan fingerprint density at radius 1 is 1.39 bits per heavy atom. The Morgan fingerprint density at radius 3 is 3.00 bits per heavy atom. The Morgan fingerprint density at radius 2 is 2.22 bits per heavy atom. The predicted octanol–water partition coefficient (Wildman–Crippen LogP) is 2.64. The van der Waals surface area contributed by atoms with Crippen LogP contribution in [0.2, 0.25) is 0 Å². The van der Waals surface area contributed by atoms with Gasteiger partial charge in [0.2, 0.25) is 0 Å². The zero-order valence-electron chi connectivity index (χ0n) is 10.9. The summed E-state index contributed by atoms with van der Waals surface area (Å²) in [4.78, 5) is 2.20. The van der Waals surface area contributed by atoms with Gasteiger partial charge in [0.1, 0.15) is 5.84 Å². The van der Waals surface area contributed by atoms with E-state index in [2.05, 4.69) is 30.0 Å². The Labute approximate surface area is 108 Å². The molecule has 18 heavy (non-hydrogen) atoms. The largest absolute Gasteiger partial charge is 0.378 e. The second-order valence-electron chi connectivity index (χ2n) is 5.25. The van der Waals surface area contributed by atoms with Crippen LogP contribution in [0.1, 0.15) is 30.9 Å². The van der Waals surface area contributed by atoms with E-state index >= 15 is 0 Å². The molecule has 1 saturated heterocycles. The van der Waals surface area contributed by atoms with Crippen molar-refractivity contribution in [1.29, 1.82) is 5.41 Å². The molecular formula is C15H20N2O. The van der Waals surface area contributed by atoms with Crippen molar-refractivity contribution in [3.63, 3.8) is 0 Å². The number of benzene rings is 1. The summed E-state index contributed by atoms with van der Waals surface area (Å²) < 4.78 is 5.74. The number of nitrogens with zero attached hydrogens (tertiary/aromatic N) is 1. The number of hydrogen-bond donors (Lipinski definition) is 1. The molecule has 96 valence electrons. The fraction of sp³-hybridized carbons (Fsp3) is 0.533. The van der Waals surface area contributed by atoms with Crippen LogP contribution in [0, 0.1) is 11.3 Å². The molecule has 0 amide bonds. The van der Waals surface area contributed by atoms with Crippen LogP contribution in [0.5, 0.6) is 0 Å². The van der Waals surface area contributed by atoms with Crippen molar-refractivity contribution >= 4 is 5.84 Å². The Balaban J connectivity index is 1.71. The molecule has 2 unspecified atom stereocenters. The summed E-state index contributed by atoms with van der Waals surface area (Å²) in [6.07, 6.45) is 2.61. The van der Waals surface area contributed by atoms with E-state index in [0.29, 0.717) is 17.9 Å². The molecule has 3 rings (SSSR count). The van der Waals surface area contributed by atoms with Crippen LogP contribution in [-0.2, 0) is 11.3 Å². The summed E-state index contributed by atoms with van der Waals surface area (Å²) in [6, 6.07) is 8.26. The first-order valence-corrected chi connectivity index (χ1v) is 6.83. The van der Waals surface area contributed by atoms with E-state index in [9.17, 15) is 0 Å². The van der Waals surface area contributed by atoms with Crippen molar-refractivity contribution in [2.24, 2.45) is 5.92 Å². The van der Waals surface area contributed by atoms with Gasteiger partial charge in [-0.2, -0.15) is 0 Å². The van der Waals surface area contributed by atoms with Crippen molar-refractivity contribution in [3.05, 3.63) is 35.4 Å². The van der Waals surface area contributed by atoms with Crippen molar-refractivity contribution < 1.29 is 4.74 Å². The fourth-order valence-electron chi connectivity index (χ4n) is 3.14. The van der Waals surface area contributed by atoms with Gasteiger partial charge >= 0.3 is 0 Å². The molecule has 0 aliphatic carbocycles. The molecule has 0 saturated carbocycles. The molecule has 2 aliphatic rings. The summed E-state index contributed by atoms with van der Waals surface area (Å²) in [5, 5.41) is 8.26. The number of hydrogen-bond acceptors (Lipinski definition) is 2. The van der Waals surface area contributed by atoms with Gasteiger partial charge in [0.15, 0.2) is 0 Å². The third kappa shape index (κ3) is 1.93. The third-order valence-corrected chi connectivity index (χ3v) is 4.15. The van der Waals surface area contributed by atoms with Crippen LogP contribution >= 0.6 is 0 Å². The van der Waals surface area contributed by atoms with Crippen molar-refractivity contribution in [2.75, 3.05) is 13.2 Å². The van der Waals surface area contributed by atoms with E-state index in [4.69, 9.17) is 10.1 Å². The molecule has 0 bridgehead atoms. The number of amidine groups is 1. The van der Waals surface area contributed by atoms with Crippen LogP contribution in [0.3, 0.4) is 0 Å². The molecule has 3 nitrogen and oxygen atoms in total. The highest BCUT2D eigenvalue weighted by Gasteiger charge is 2.32. The predicted molar refractivity (Wildman–Crippen MR) is 71.8 cm³/mol. The molecule has 1 N–H and O–H groups in total. The van der Waals surface area contributed by atoms with Gasteiger partial charge in [0.05, 0.1) is 6.10 Å². The summed E-state index contributed by atoms with van der Waals surface area (Å²) >= 11 is 0. The molecule has 2 atom stereocenters. The van der Waals surface area contributed by atoms with Crippen molar-refractivity contribution in [1.82, 2.24) is 4.90 Å². The molecule has 3 heteroatoms. The molecule has 1 aromatic rings. The second-order valence-corrected chi connectivity index (χ2v) is 5.25. The van der Waals surface area contributed by atoms with Crippen LogP contribution < -0.4 is 0 Å². The molecule has 2 heterocycles. The standard InChI is InChI=1S/C15H20N2O/c1-2-14-12(7-8-18-14)10-17-9-11-5-3-4-6-13(11)15(17)16/h3-6,12,14,16H,2,7-10H2,1H3. The first-order valence-electron chi connectivity index (χ1n) is 6.83. The van der Waals surface area contributed by atoms with Gasteiger partial charge in [-0.15, -0.1) is 0 Å². The van der Waals surface area contributed by atoms with E-state index < -0.39 is 0 Å². The first kappa shape index (κ1) is 11.7. The summed E-state index contributed by atoms with van der Waals surface area (Å²) in [5.41, 5.74) is 2.39. The van der Waals surface area contributed by atoms with Gasteiger partial charge in [-0.25, -0.2) is 0 Å². The Kier molecular flexibility index (Phi) is 3.08. The van der Waals surface area contributed by atoms with Gasteiger partial charge < -0.3 is 9.64 Å². The van der Waals surface area contributed by atoms with E-state index in [0.717, 1.165) is 38.1 Å². The molecule has 2 aliphatic heterocycles. The summed E-state index contributed by atoms with van der Waals surface area (Å²) in [7, 11) is 0. The van der Waals surface area contributed by atoms with Crippen LogP contribution in [0.4, 0.5) is 0 Å². The lowest BCUT2D eigenvalue weighted by molar-refractivity contribution is 0.0818. The van der Waals surface area contributed by atoms with E-state index in [1.165, 1.54) is 5.56 Å². The van der Waals surface area contributed by atoms with E-state index in [1.54, 1.807) is 0 Å². The molecule has 1 fully saturated rings. The highest BCUT2D eigenvalue weighted by Crippen LogP contribution is 2.28. The number of ether oxygens (including phenoxy) is 1. The Hall–Kier alpha value is -1.35. The minimum absolute atomic E-state index is 0.390. The highest BCUT2D eigenvalue weighted by atomic mass is 16.5. The minimum Gasteiger partial charge on any atom is -0.378 e. The summed E-state index contributed by atoms with van der Waals surface area (Å²) in [5.74, 6) is 1.28. The molecule has 0 aromatic heterocycles. The normalized spacial score (nSPS) is 26.7. The molecular weight excluding hydrogens is 224 g/mol. The number of nitrogens with one attached hydrogen (secondary N) is 1. The van der Waals surface area contributed by atoms with Gasteiger partial charge in [0, 0.05) is 31.2 Å². The van der Waals surface area contributed by atoms with Crippen LogP contribution in [0.15, 0.2) is 24.3 Å². The maximum Gasteiger partial charge on any atom is 0.128 e. The Bertz CT molecular complexity index is 458. The maximum absolute atomic E-state index is 8.26. The van der Waals surface area contributed by atoms with Crippen LogP contribution in [-0.4, -0.2) is 30.0 Å². The lowest BCUT2D eigenvalue weighted by Gasteiger charge is -2.25. The SMILES string of the molecule is CCC1OCCC1CN1Cc2ccccc2C1=N. The van der Waals surface area contributed by atoms with Gasteiger partial charge in [-0.1, -0.05) is 31.2 Å². The quantitative estimate of drug-likeness (QED) is 0.887. The molecule has 0 spiro atoms. The first-order chi connectivity index (χ1) is 8.79. The van der Waals surface area contributed by atoms with Crippen LogP contribution in [0.25, 0.3) is 0 Å². The average molecular weight is 244 g/mol. The van der Waals surface area contributed by atoms with Crippen molar-refractivity contribution in [3.8, 4) is 0 Å². The van der Waals surface area contributed by atoms with Crippen molar-refractivity contribution in [2.45, 2.75) is 32.4 Å². The molecule has 0 radical (unpaired) electrons. The topological polar surface area (TPSA) is 36.3 Å². The maximum atomic E-state index is 8.26. The lowest BCUT2D eigenvalue weighted by atomic mass is 9.99. The smallest absolute Gasteiger partial charge is 0.128 e. The van der Waals surface area contributed by atoms with E-state index in [1.807, 2.05) is 6.07 Å². The zero-order valence-corrected chi connectivity index (χ0v) is 10.9. The van der Waals surface area contributed by atoms with Gasteiger partial charge in [0.25, 0.3) is 0 Å². The highest BCUT2D eigenvalue weighted by molar-refractivity contribution is 6.00. The lowest BCUT2D eigenvalue weighted by Crippen LogP contribution is -2.33. The number of rotatable bonds is 3. The third-order valence-electron chi connectivity index (χ3n) is 4.15.